The van der Waals surface area contributed by atoms with Crippen molar-refractivity contribution in [1.29, 1.82) is 0 Å². The van der Waals surface area contributed by atoms with Gasteiger partial charge in [0.05, 0.1) is 5.69 Å². The number of nitrogens with zero attached hydrogens (tertiary/aromatic N) is 1. The molecule has 1 aromatic heterocycles. The highest BCUT2D eigenvalue weighted by molar-refractivity contribution is 7.15. The number of carbonyl (C=O) groups is 1. The van der Waals surface area contributed by atoms with E-state index in [2.05, 4.69) is 10.3 Å². The normalized spacial score (nSPS) is 20.2. The zero-order valence-corrected chi connectivity index (χ0v) is 10.5. The first-order chi connectivity index (χ1) is 8.33. The number of hydrogen-bond donors (Lipinski definition) is 1. The van der Waals surface area contributed by atoms with Gasteiger partial charge in [0.25, 0.3) is 0 Å². The van der Waals surface area contributed by atoms with Gasteiger partial charge < -0.3 is 10.1 Å². The van der Waals surface area contributed by atoms with Crippen LogP contribution in [0.2, 0.25) is 0 Å². The van der Waals surface area contributed by atoms with Crippen molar-refractivity contribution in [2.45, 2.75) is 32.1 Å². The first kappa shape index (κ1) is 11.2. The molecule has 92 valence electrons. The van der Waals surface area contributed by atoms with Crippen LogP contribution in [-0.4, -0.2) is 24.1 Å². The maximum atomic E-state index is 12.0. The van der Waals surface area contributed by atoms with E-state index in [1.165, 1.54) is 17.0 Å². The van der Waals surface area contributed by atoms with Crippen LogP contribution in [-0.2, 0) is 22.4 Å². The van der Waals surface area contributed by atoms with Crippen LogP contribution < -0.4 is 5.32 Å². The molecule has 0 unspecified atom stereocenters. The first-order valence-electron chi connectivity index (χ1n) is 6.20. The van der Waals surface area contributed by atoms with E-state index in [4.69, 9.17) is 4.74 Å². The largest absolute Gasteiger partial charge is 0.381 e. The number of ether oxygens (including phenoxy) is 1. The number of anilines is 1. The molecule has 1 aliphatic heterocycles. The minimum absolute atomic E-state index is 0.0995. The average Bonchev–Trinajstić information content (AvgIpc) is 2.90. The molecular weight excluding hydrogens is 236 g/mol. The summed E-state index contributed by atoms with van der Waals surface area (Å²) in [5, 5.41) is 3.74. The molecule has 1 saturated heterocycles. The van der Waals surface area contributed by atoms with Crippen molar-refractivity contribution < 1.29 is 9.53 Å². The van der Waals surface area contributed by atoms with E-state index in [1.807, 2.05) is 0 Å². The molecule has 0 atom stereocenters. The molecule has 17 heavy (non-hydrogen) atoms. The standard InChI is InChI=1S/C12H16N2O2S/c15-11(8-4-6-16-7-5-8)14-12-13-9-2-1-3-10(9)17-12/h8H,1-7H2,(H,13,14,15). The monoisotopic (exact) mass is 252 g/mol. The number of thiazole rings is 1. The molecule has 2 aliphatic rings. The summed E-state index contributed by atoms with van der Waals surface area (Å²) in [7, 11) is 0. The van der Waals surface area contributed by atoms with E-state index >= 15 is 0 Å². The maximum absolute atomic E-state index is 12.0. The van der Waals surface area contributed by atoms with Crippen molar-refractivity contribution in [3.8, 4) is 0 Å². The number of aromatic nitrogens is 1. The molecule has 1 aromatic rings. The average molecular weight is 252 g/mol. The molecule has 0 radical (unpaired) electrons. The van der Waals surface area contributed by atoms with Gasteiger partial charge in [0.1, 0.15) is 0 Å². The third-order valence-electron chi connectivity index (χ3n) is 3.42. The quantitative estimate of drug-likeness (QED) is 0.876. The van der Waals surface area contributed by atoms with Crippen LogP contribution in [0.3, 0.4) is 0 Å². The fourth-order valence-corrected chi connectivity index (χ4v) is 3.46. The number of amides is 1. The van der Waals surface area contributed by atoms with E-state index in [9.17, 15) is 4.79 Å². The molecule has 0 saturated carbocycles. The molecule has 1 aliphatic carbocycles. The summed E-state index contributed by atoms with van der Waals surface area (Å²) in [5.74, 6) is 0.211. The van der Waals surface area contributed by atoms with Crippen LogP contribution in [0.1, 0.15) is 29.8 Å². The maximum Gasteiger partial charge on any atom is 0.229 e. The Morgan fingerprint density at radius 3 is 2.94 bits per heavy atom. The molecule has 1 amide bonds. The van der Waals surface area contributed by atoms with E-state index < -0.39 is 0 Å². The highest BCUT2D eigenvalue weighted by atomic mass is 32.1. The molecule has 1 N–H and O–H groups in total. The van der Waals surface area contributed by atoms with E-state index in [-0.39, 0.29) is 11.8 Å². The van der Waals surface area contributed by atoms with Crippen LogP contribution in [0.5, 0.6) is 0 Å². The lowest BCUT2D eigenvalue weighted by Crippen LogP contribution is -2.28. The second kappa shape index (κ2) is 4.74. The fourth-order valence-electron chi connectivity index (χ4n) is 2.41. The Balaban J connectivity index is 1.63. The highest BCUT2D eigenvalue weighted by Crippen LogP contribution is 2.31. The predicted molar refractivity (Wildman–Crippen MR) is 66.3 cm³/mol. The second-order valence-electron chi connectivity index (χ2n) is 4.62. The van der Waals surface area contributed by atoms with Crippen LogP contribution in [0.25, 0.3) is 0 Å². The number of nitrogens with one attached hydrogen (secondary N) is 1. The van der Waals surface area contributed by atoms with Gasteiger partial charge >= 0.3 is 0 Å². The van der Waals surface area contributed by atoms with Crippen molar-refractivity contribution >= 4 is 22.4 Å². The third-order valence-corrected chi connectivity index (χ3v) is 4.49. The summed E-state index contributed by atoms with van der Waals surface area (Å²) in [5.41, 5.74) is 1.19. The lowest BCUT2D eigenvalue weighted by Gasteiger charge is -2.20. The summed E-state index contributed by atoms with van der Waals surface area (Å²) >= 11 is 1.64. The Kier molecular flexibility index (Phi) is 3.11. The van der Waals surface area contributed by atoms with Crippen molar-refractivity contribution in [2.24, 2.45) is 5.92 Å². The van der Waals surface area contributed by atoms with Gasteiger partial charge in [-0.1, -0.05) is 0 Å². The highest BCUT2D eigenvalue weighted by Gasteiger charge is 2.23. The van der Waals surface area contributed by atoms with Crippen LogP contribution >= 0.6 is 11.3 Å². The van der Waals surface area contributed by atoms with Gasteiger partial charge in [0.15, 0.2) is 5.13 Å². The van der Waals surface area contributed by atoms with Crippen LogP contribution in [0.15, 0.2) is 0 Å². The Bertz CT molecular complexity index is 403. The zero-order valence-electron chi connectivity index (χ0n) is 9.70. The van der Waals surface area contributed by atoms with Gasteiger partial charge in [-0.15, -0.1) is 11.3 Å². The number of fused-ring (bicyclic) bond motifs is 1. The smallest absolute Gasteiger partial charge is 0.229 e. The summed E-state index contributed by atoms with van der Waals surface area (Å²) in [6, 6.07) is 0. The van der Waals surface area contributed by atoms with Crippen LogP contribution in [0, 0.1) is 5.92 Å². The Hall–Kier alpha value is -0.940. The van der Waals surface area contributed by atoms with Gasteiger partial charge in [-0.05, 0) is 32.1 Å². The van der Waals surface area contributed by atoms with Crippen molar-refractivity contribution in [1.82, 2.24) is 4.98 Å². The molecular formula is C12H16N2O2S. The minimum Gasteiger partial charge on any atom is -0.381 e. The molecule has 2 heterocycles. The summed E-state index contributed by atoms with van der Waals surface area (Å²) in [4.78, 5) is 17.8. The van der Waals surface area contributed by atoms with E-state index in [0.29, 0.717) is 13.2 Å². The predicted octanol–water partition coefficient (Wildman–Crippen LogP) is 2.00. The van der Waals surface area contributed by atoms with E-state index in [0.717, 1.165) is 30.8 Å². The Labute approximate surface area is 104 Å². The molecule has 4 nitrogen and oxygen atoms in total. The molecule has 1 fully saturated rings. The first-order valence-corrected chi connectivity index (χ1v) is 7.02. The van der Waals surface area contributed by atoms with Gasteiger partial charge in [0.2, 0.25) is 5.91 Å². The van der Waals surface area contributed by atoms with Crippen molar-refractivity contribution in [3.63, 3.8) is 0 Å². The van der Waals surface area contributed by atoms with Crippen molar-refractivity contribution in [3.05, 3.63) is 10.6 Å². The molecule has 0 aromatic carbocycles. The molecule has 0 bridgehead atoms. The zero-order chi connectivity index (χ0) is 11.7. The summed E-state index contributed by atoms with van der Waals surface area (Å²) in [6.45, 7) is 1.40. The molecule has 5 heteroatoms. The van der Waals surface area contributed by atoms with Gasteiger partial charge in [-0.3, -0.25) is 4.79 Å². The third kappa shape index (κ3) is 2.35. The summed E-state index contributed by atoms with van der Waals surface area (Å²) < 4.78 is 5.26. The summed E-state index contributed by atoms with van der Waals surface area (Å²) in [6.07, 6.45) is 5.06. The molecule has 0 spiro atoms. The number of carbonyl (C=O) groups excluding carboxylic acids is 1. The number of rotatable bonds is 2. The van der Waals surface area contributed by atoms with Crippen molar-refractivity contribution in [2.75, 3.05) is 18.5 Å². The number of aryl methyl sites for hydroxylation is 2. The van der Waals surface area contributed by atoms with Gasteiger partial charge in [-0.2, -0.15) is 0 Å². The lowest BCUT2D eigenvalue weighted by molar-refractivity contribution is -0.122. The topological polar surface area (TPSA) is 51.2 Å². The van der Waals surface area contributed by atoms with Gasteiger partial charge in [0, 0.05) is 24.0 Å². The number of hydrogen-bond acceptors (Lipinski definition) is 4. The Morgan fingerprint density at radius 1 is 1.35 bits per heavy atom. The SMILES string of the molecule is O=C(Nc1nc2c(s1)CCC2)C1CCOCC1. The van der Waals surface area contributed by atoms with E-state index in [1.54, 1.807) is 11.3 Å². The molecule has 3 rings (SSSR count). The van der Waals surface area contributed by atoms with Gasteiger partial charge in [-0.25, -0.2) is 4.98 Å². The second-order valence-corrected chi connectivity index (χ2v) is 5.70. The van der Waals surface area contributed by atoms with Crippen LogP contribution in [0.4, 0.5) is 5.13 Å². The Morgan fingerprint density at radius 2 is 2.18 bits per heavy atom. The lowest BCUT2D eigenvalue weighted by atomic mass is 10.00. The fraction of sp³-hybridized carbons (Fsp3) is 0.667. The minimum atomic E-state index is 0.0995.